The van der Waals surface area contributed by atoms with E-state index in [0.717, 1.165) is 0 Å². The molecule has 0 aromatic carbocycles. The molecule has 0 aromatic rings. The summed E-state index contributed by atoms with van der Waals surface area (Å²) in [5.41, 5.74) is 0. The second-order valence-electron chi connectivity index (χ2n) is 2.35. The first-order valence-electron chi connectivity index (χ1n) is 3.07. The van der Waals surface area contributed by atoms with E-state index >= 15 is 0 Å². The molecule has 0 radical (unpaired) electrons. The largest absolute Gasteiger partial charge is 0.370 e. The Balaban J connectivity index is 2.49. The quantitative estimate of drug-likeness (QED) is 0.494. The normalized spacial score (nSPS) is 45.0. The molecule has 9 heavy (non-hydrogen) atoms. The molecule has 1 fully saturated rings. The molecule has 0 N–H and O–H groups in total. The smallest absolute Gasteiger partial charge is 0.232 e. The van der Waals surface area contributed by atoms with E-state index < -0.39 is 12.0 Å². The fourth-order valence-corrected chi connectivity index (χ4v) is 0.732. The van der Waals surface area contributed by atoms with E-state index in [1.165, 1.54) is 6.92 Å². The van der Waals surface area contributed by atoms with E-state index in [2.05, 4.69) is 0 Å². The minimum Gasteiger partial charge on any atom is -0.370 e. The topological polar surface area (TPSA) is 18.5 Å². The van der Waals surface area contributed by atoms with E-state index in [9.17, 15) is 4.39 Å². The zero-order valence-electron chi connectivity index (χ0n) is 5.69. The first-order chi connectivity index (χ1) is 4.13. The lowest BCUT2D eigenvalue weighted by atomic mass is 10.2. The zero-order valence-corrected chi connectivity index (χ0v) is 5.69. The van der Waals surface area contributed by atoms with Crippen LogP contribution in [0.3, 0.4) is 0 Å². The van der Waals surface area contributed by atoms with Crippen molar-refractivity contribution in [1.82, 2.24) is 0 Å². The van der Waals surface area contributed by atoms with Gasteiger partial charge in [-0.25, -0.2) is 4.39 Å². The monoisotopic (exact) mass is 134 g/mol. The summed E-state index contributed by atoms with van der Waals surface area (Å²) in [6.45, 7) is 3.91. The molecule has 1 saturated heterocycles. The van der Waals surface area contributed by atoms with E-state index in [1.54, 1.807) is 6.92 Å². The third kappa shape index (κ3) is 1.40. The Labute approximate surface area is 54.0 Å². The van der Waals surface area contributed by atoms with Crippen LogP contribution in [0.2, 0.25) is 0 Å². The summed E-state index contributed by atoms with van der Waals surface area (Å²) in [5, 5.41) is 0. The molecule has 1 rings (SSSR count). The number of hydrogen-bond donors (Lipinski definition) is 0. The Hall–Kier alpha value is -0.150. The van der Waals surface area contributed by atoms with Gasteiger partial charge in [-0.15, -0.1) is 0 Å². The fourth-order valence-electron chi connectivity index (χ4n) is 0.732. The van der Waals surface area contributed by atoms with Crippen molar-refractivity contribution in [2.24, 2.45) is 0 Å². The maximum absolute atomic E-state index is 12.9. The van der Waals surface area contributed by atoms with Gasteiger partial charge in [0, 0.05) is 0 Å². The fraction of sp³-hybridized carbons (Fsp3) is 1.00. The molecule has 0 saturated carbocycles. The van der Waals surface area contributed by atoms with Gasteiger partial charge in [0.05, 0.1) is 13.2 Å². The van der Waals surface area contributed by atoms with Crippen LogP contribution in [-0.4, -0.2) is 25.2 Å². The Morgan fingerprint density at radius 1 is 1.56 bits per heavy atom. The predicted molar refractivity (Wildman–Crippen MR) is 30.9 cm³/mol. The summed E-state index contributed by atoms with van der Waals surface area (Å²) in [4.78, 5) is 0. The van der Waals surface area contributed by atoms with E-state index in [-0.39, 0.29) is 0 Å². The van der Waals surface area contributed by atoms with Crippen LogP contribution in [0, 0.1) is 0 Å². The third-order valence-electron chi connectivity index (χ3n) is 1.56. The van der Waals surface area contributed by atoms with Crippen LogP contribution in [0.4, 0.5) is 4.39 Å². The van der Waals surface area contributed by atoms with Gasteiger partial charge in [-0.3, -0.25) is 0 Å². The van der Waals surface area contributed by atoms with Crippen molar-refractivity contribution in [2.75, 3.05) is 13.2 Å². The Morgan fingerprint density at radius 2 is 2.22 bits per heavy atom. The summed E-state index contributed by atoms with van der Waals surface area (Å²) in [5.74, 6) is -1.59. The minimum absolute atomic E-state index is 0.358. The van der Waals surface area contributed by atoms with Crippen molar-refractivity contribution >= 4 is 0 Å². The van der Waals surface area contributed by atoms with Crippen LogP contribution < -0.4 is 0 Å². The Bertz CT molecular complexity index is 103. The van der Waals surface area contributed by atoms with E-state index in [1.807, 2.05) is 0 Å². The molecule has 1 aliphatic heterocycles. The molecule has 2 nitrogen and oxygen atoms in total. The SMILES string of the molecule is CC1OCCOC1(C)F. The summed E-state index contributed by atoms with van der Waals surface area (Å²) >= 11 is 0. The van der Waals surface area contributed by atoms with E-state index in [4.69, 9.17) is 9.47 Å². The van der Waals surface area contributed by atoms with Crippen molar-refractivity contribution in [3.63, 3.8) is 0 Å². The standard InChI is InChI=1S/C6H11FO2/c1-5-6(2,7)9-4-3-8-5/h5H,3-4H2,1-2H3. The Morgan fingerprint density at radius 3 is 2.56 bits per heavy atom. The van der Waals surface area contributed by atoms with Crippen molar-refractivity contribution in [2.45, 2.75) is 25.8 Å². The molecule has 1 aliphatic rings. The zero-order chi connectivity index (χ0) is 6.91. The lowest BCUT2D eigenvalue weighted by Gasteiger charge is -2.32. The minimum atomic E-state index is -1.59. The van der Waals surface area contributed by atoms with Crippen LogP contribution in [0.1, 0.15) is 13.8 Å². The number of rotatable bonds is 0. The molecule has 0 spiro atoms. The van der Waals surface area contributed by atoms with Crippen LogP contribution in [-0.2, 0) is 9.47 Å². The third-order valence-corrected chi connectivity index (χ3v) is 1.56. The molecule has 0 aromatic heterocycles. The highest BCUT2D eigenvalue weighted by Gasteiger charge is 2.35. The molecular weight excluding hydrogens is 123 g/mol. The van der Waals surface area contributed by atoms with Gasteiger partial charge < -0.3 is 9.47 Å². The van der Waals surface area contributed by atoms with Gasteiger partial charge >= 0.3 is 0 Å². The van der Waals surface area contributed by atoms with Gasteiger partial charge in [0.25, 0.3) is 0 Å². The Kier molecular flexibility index (Phi) is 1.73. The van der Waals surface area contributed by atoms with Crippen molar-refractivity contribution in [1.29, 1.82) is 0 Å². The van der Waals surface area contributed by atoms with Gasteiger partial charge in [0.2, 0.25) is 5.85 Å². The average Bonchev–Trinajstić information content (AvgIpc) is 1.77. The molecule has 0 amide bonds. The van der Waals surface area contributed by atoms with Crippen molar-refractivity contribution in [3.8, 4) is 0 Å². The molecule has 3 heteroatoms. The second-order valence-corrected chi connectivity index (χ2v) is 2.35. The molecule has 0 aliphatic carbocycles. The summed E-state index contributed by atoms with van der Waals surface area (Å²) in [6, 6.07) is 0. The lowest BCUT2D eigenvalue weighted by molar-refractivity contribution is -0.250. The lowest BCUT2D eigenvalue weighted by Crippen LogP contribution is -2.43. The van der Waals surface area contributed by atoms with Gasteiger partial charge in [0.1, 0.15) is 6.10 Å². The second kappa shape index (κ2) is 2.23. The average molecular weight is 134 g/mol. The first kappa shape index (κ1) is 6.96. The maximum atomic E-state index is 12.9. The highest BCUT2D eigenvalue weighted by Crippen LogP contribution is 2.23. The predicted octanol–water partition coefficient (Wildman–Crippen LogP) is 1.11. The van der Waals surface area contributed by atoms with E-state index in [0.29, 0.717) is 13.2 Å². The number of alkyl halides is 1. The summed E-state index contributed by atoms with van der Waals surface area (Å²) in [6.07, 6.45) is -0.439. The highest BCUT2D eigenvalue weighted by atomic mass is 19.2. The van der Waals surface area contributed by atoms with Crippen LogP contribution in [0.25, 0.3) is 0 Å². The number of halogens is 1. The van der Waals surface area contributed by atoms with Crippen molar-refractivity contribution in [3.05, 3.63) is 0 Å². The molecular formula is C6H11FO2. The van der Waals surface area contributed by atoms with Gasteiger partial charge in [0.15, 0.2) is 0 Å². The van der Waals surface area contributed by atoms with Crippen LogP contribution in [0.15, 0.2) is 0 Å². The number of ether oxygens (including phenoxy) is 2. The molecule has 1 heterocycles. The highest BCUT2D eigenvalue weighted by molar-refractivity contribution is 4.72. The van der Waals surface area contributed by atoms with Gasteiger partial charge in [-0.05, 0) is 13.8 Å². The van der Waals surface area contributed by atoms with Crippen LogP contribution in [0.5, 0.6) is 0 Å². The number of hydrogen-bond acceptors (Lipinski definition) is 2. The van der Waals surface area contributed by atoms with Gasteiger partial charge in [-0.2, -0.15) is 0 Å². The molecule has 2 unspecified atom stereocenters. The summed E-state index contributed by atoms with van der Waals surface area (Å²) < 4.78 is 22.7. The summed E-state index contributed by atoms with van der Waals surface area (Å²) in [7, 11) is 0. The molecule has 2 atom stereocenters. The molecule has 0 bridgehead atoms. The van der Waals surface area contributed by atoms with Gasteiger partial charge in [-0.1, -0.05) is 0 Å². The molecule has 54 valence electrons. The van der Waals surface area contributed by atoms with Crippen LogP contribution >= 0.6 is 0 Å². The first-order valence-corrected chi connectivity index (χ1v) is 3.07. The van der Waals surface area contributed by atoms with Crippen molar-refractivity contribution < 1.29 is 13.9 Å². The maximum Gasteiger partial charge on any atom is 0.232 e.